The number of fused-ring (bicyclic) bond motifs is 3. The average Bonchev–Trinajstić information content (AvgIpc) is 3.65. The van der Waals surface area contributed by atoms with Crippen LogP contribution in [-0.4, -0.2) is 72.5 Å². The van der Waals surface area contributed by atoms with Crippen LogP contribution in [0.25, 0.3) is 0 Å². The highest BCUT2D eigenvalue weighted by Crippen LogP contribution is 2.35. The summed E-state index contributed by atoms with van der Waals surface area (Å²) in [6.45, 7) is 10.3. The molecule has 4 aliphatic heterocycles. The third kappa shape index (κ3) is 9.54. The zero-order valence-corrected chi connectivity index (χ0v) is 23.9. The first kappa shape index (κ1) is 30.4. The lowest BCUT2D eigenvalue weighted by Gasteiger charge is -2.28. The number of hydrogen-bond acceptors (Lipinski definition) is 8. The molecule has 0 aromatic heterocycles. The second-order valence-electron chi connectivity index (χ2n) is 11.6. The van der Waals surface area contributed by atoms with Gasteiger partial charge in [-0.1, -0.05) is 55.0 Å². The largest absolute Gasteiger partial charge is 0.455 e. The quantitative estimate of drug-likeness (QED) is 0.303. The summed E-state index contributed by atoms with van der Waals surface area (Å²) in [6, 6.07) is 0. The molecule has 8 heteroatoms. The maximum Gasteiger partial charge on any atom is 0.330 e. The molecular formula is C32H44O8. The van der Waals surface area contributed by atoms with Crippen LogP contribution in [0.2, 0.25) is 0 Å². The van der Waals surface area contributed by atoms with Gasteiger partial charge in [0.25, 0.3) is 0 Å². The fourth-order valence-corrected chi connectivity index (χ4v) is 5.75. The zero-order chi connectivity index (χ0) is 28.6. The first-order valence-electron chi connectivity index (χ1n) is 14.5. The summed E-state index contributed by atoms with van der Waals surface area (Å²) in [5, 5.41) is 10.9. The summed E-state index contributed by atoms with van der Waals surface area (Å²) in [7, 11) is 0. The molecule has 0 aromatic rings. The molecule has 1 fully saturated rings. The van der Waals surface area contributed by atoms with Crippen molar-refractivity contribution in [1.82, 2.24) is 0 Å². The third-order valence-corrected chi connectivity index (χ3v) is 7.72. The number of rotatable bonds is 4. The van der Waals surface area contributed by atoms with Crippen LogP contribution >= 0.6 is 0 Å². The third-order valence-electron chi connectivity index (χ3n) is 7.72. The lowest BCUT2D eigenvalue weighted by molar-refractivity contribution is -0.160. The number of carbonyl (C=O) groups excluding carboxylic acids is 2. The van der Waals surface area contributed by atoms with E-state index in [1.807, 2.05) is 25.2 Å². The van der Waals surface area contributed by atoms with E-state index < -0.39 is 36.4 Å². The number of hydrogen-bond donors (Lipinski definition) is 1. The number of aliphatic hydroxyl groups excluding tert-OH is 1. The molecule has 0 amide bonds. The standard InChI is InChI=1S/C32H44O8/c1-20-13-14-36-25(16-20)11-12-28(37-23(4)33)29-19-30-32(40-30)27(34)18-22(3)15-21(2)17-26-9-5-7-24(38-26)8-6-10-31(35)39-29/h5-7,10-13,21,24-30,32,34H,3,8-9,14-19H2,1-2,4H3/t21-,24-,25+,26-,27-,28-,29-,30-,32?/m0/s1. The summed E-state index contributed by atoms with van der Waals surface area (Å²) in [5.74, 6) is -0.665. The monoisotopic (exact) mass is 556 g/mol. The smallest absolute Gasteiger partial charge is 0.330 e. The minimum absolute atomic E-state index is 0.103. The Bertz CT molecular complexity index is 1030. The van der Waals surface area contributed by atoms with Gasteiger partial charge in [0.2, 0.25) is 0 Å². The SMILES string of the molecule is C=C1C[C@H](C)C[C@@H]2CC=C[C@@H](CC=CC(=O)O[C@H]([C@H](C=C[C@@H]3CC(C)=CCO3)OC(C)=O)C[C@@H]3OC3[C@@H](O)C1)O2. The summed E-state index contributed by atoms with van der Waals surface area (Å²) in [5.41, 5.74) is 2.20. The Morgan fingerprint density at radius 1 is 1.18 bits per heavy atom. The van der Waals surface area contributed by atoms with E-state index in [-0.39, 0.29) is 30.8 Å². The van der Waals surface area contributed by atoms with E-state index in [2.05, 4.69) is 19.6 Å². The lowest BCUT2D eigenvalue weighted by atomic mass is 9.91. The molecule has 4 aliphatic rings. The van der Waals surface area contributed by atoms with E-state index in [1.165, 1.54) is 18.6 Å². The van der Waals surface area contributed by atoms with E-state index in [4.69, 9.17) is 23.7 Å². The number of esters is 2. The second kappa shape index (κ2) is 14.4. The molecule has 8 nitrogen and oxygen atoms in total. The van der Waals surface area contributed by atoms with Crippen LogP contribution in [0, 0.1) is 5.92 Å². The van der Waals surface area contributed by atoms with Gasteiger partial charge < -0.3 is 28.8 Å². The number of aliphatic hydroxyl groups is 1. The van der Waals surface area contributed by atoms with Gasteiger partial charge in [-0.05, 0) is 57.4 Å². The Balaban J connectivity index is 1.52. The molecule has 1 N–H and O–H groups in total. The molecule has 0 spiro atoms. The van der Waals surface area contributed by atoms with Crippen LogP contribution in [0.1, 0.15) is 65.7 Å². The van der Waals surface area contributed by atoms with Crippen LogP contribution < -0.4 is 0 Å². The van der Waals surface area contributed by atoms with Crippen molar-refractivity contribution in [2.24, 2.45) is 5.92 Å². The van der Waals surface area contributed by atoms with Gasteiger partial charge in [-0.15, -0.1) is 0 Å². The molecule has 2 bridgehead atoms. The van der Waals surface area contributed by atoms with Gasteiger partial charge in [-0.2, -0.15) is 0 Å². The molecule has 40 heavy (non-hydrogen) atoms. The van der Waals surface area contributed by atoms with Gasteiger partial charge in [0.1, 0.15) is 12.2 Å². The van der Waals surface area contributed by atoms with Crippen LogP contribution in [0.15, 0.2) is 60.3 Å². The van der Waals surface area contributed by atoms with Crippen molar-refractivity contribution in [3.8, 4) is 0 Å². The lowest BCUT2D eigenvalue weighted by Crippen LogP contribution is -2.35. The zero-order valence-electron chi connectivity index (χ0n) is 23.9. The minimum atomic E-state index is -0.835. The molecule has 0 aliphatic carbocycles. The molecule has 4 heterocycles. The summed E-state index contributed by atoms with van der Waals surface area (Å²) < 4.78 is 29.3. The van der Waals surface area contributed by atoms with Gasteiger partial charge >= 0.3 is 11.9 Å². The number of ether oxygens (including phenoxy) is 5. The molecule has 9 atom stereocenters. The molecule has 4 rings (SSSR count). The predicted octanol–water partition coefficient (Wildman–Crippen LogP) is 4.68. The number of cyclic esters (lactones) is 1. The van der Waals surface area contributed by atoms with Crippen LogP contribution in [0.5, 0.6) is 0 Å². The summed E-state index contributed by atoms with van der Waals surface area (Å²) in [4.78, 5) is 24.9. The fourth-order valence-electron chi connectivity index (χ4n) is 5.75. The van der Waals surface area contributed by atoms with Crippen LogP contribution in [-0.2, 0) is 33.3 Å². The van der Waals surface area contributed by atoms with Crippen molar-refractivity contribution in [3.05, 3.63) is 60.3 Å². The van der Waals surface area contributed by atoms with Gasteiger partial charge in [0, 0.05) is 19.4 Å². The Hall–Kier alpha value is -2.52. The molecule has 220 valence electrons. The van der Waals surface area contributed by atoms with Crippen LogP contribution in [0.3, 0.4) is 0 Å². The number of epoxide rings is 1. The fraction of sp³-hybridized carbons (Fsp3) is 0.625. The first-order chi connectivity index (χ1) is 19.2. The highest BCUT2D eigenvalue weighted by Gasteiger charge is 2.47. The van der Waals surface area contributed by atoms with Crippen LogP contribution in [0.4, 0.5) is 0 Å². The average molecular weight is 557 g/mol. The van der Waals surface area contributed by atoms with Crippen molar-refractivity contribution in [2.75, 3.05) is 6.61 Å². The second-order valence-corrected chi connectivity index (χ2v) is 11.6. The Morgan fingerprint density at radius 2 is 2.00 bits per heavy atom. The first-order valence-corrected chi connectivity index (χ1v) is 14.5. The van der Waals surface area contributed by atoms with Gasteiger partial charge in [-0.3, -0.25) is 4.79 Å². The van der Waals surface area contributed by atoms with Gasteiger partial charge in [0.05, 0.1) is 37.1 Å². The highest BCUT2D eigenvalue weighted by molar-refractivity contribution is 5.82. The molecule has 0 aromatic carbocycles. The van der Waals surface area contributed by atoms with E-state index in [0.717, 1.165) is 31.3 Å². The van der Waals surface area contributed by atoms with E-state index in [9.17, 15) is 14.7 Å². The Labute approximate surface area is 237 Å². The summed E-state index contributed by atoms with van der Waals surface area (Å²) >= 11 is 0. The maximum atomic E-state index is 12.9. The molecule has 1 unspecified atom stereocenters. The van der Waals surface area contributed by atoms with Crippen molar-refractivity contribution >= 4 is 11.9 Å². The van der Waals surface area contributed by atoms with E-state index in [0.29, 0.717) is 25.4 Å². The van der Waals surface area contributed by atoms with Crippen molar-refractivity contribution < 1.29 is 38.4 Å². The number of carbonyl (C=O) groups is 2. The van der Waals surface area contributed by atoms with E-state index in [1.54, 1.807) is 12.2 Å². The molecule has 0 saturated carbocycles. The van der Waals surface area contributed by atoms with Gasteiger partial charge in [-0.25, -0.2) is 4.79 Å². The summed E-state index contributed by atoms with van der Waals surface area (Å²) in [6.07, 6.45) is 14.2. The molecule has 1 saturated heterocycles. The Morgan fingerprint density at radius 3 is 2.77 bits per heavy atom. The van der Waals surface area contributed by atoms with Crippen molar-refractivity contribution in [2.45, 2.75) is 115 Å². The van der Waals surface area contributed by atoms with Crippen molar-refractivity contribution in [1.29, 1.82) is 0 Å². The predicted molar refractivity (Wildman–Crippen MR) is 150 cm³/mol. The minimum Gasteiger partial charge on any atom is -0.455 e. The van der Waals surface area contributed by atoms with Crippen molar-refractivity contribution in [3.63, 3.8) is 0 Å². The highest BCUT2D eigenvalue weighted by atomic mass is 16.6. The maximum absolute atomic E-state index is 12.9. The molecule has 0 radical (unpaired) electrons. The molecular weight excluding hydrogens is 512 g/mol. The Kier molecular flexibility index (Phi) is 11.0. The topological polar surface area (TPSA) is 104 Å². The van der Waals surface area contributed by atoms with E-state index >= 15 is 0 Å². The van der Waals surface area contributed by atoms with Gasteiger partial charge in [0.15, 0.2) is 6.10 Å². The normalized spacial score (nSPS) is 36.5.